The standard InChI is InChI=1S/C11H5Br2Cl2FS/c12-8-4-6(11(13)17-8)9(14)5-2-1-3-7(16)10(5)15/h1-4,9H. The van der Waals surface area contributed by atoms with Gasteiger partial charge in [0, 0.05) is 5.56 Å². The highest BCUT2D eigenvalue weighted by atomic mass is 79.9. The van der Waals surface area contributed by atoms with Crippen LogP contribution in [-0.2, 0) is 0 Å². The van der Waals surface area contributed by atoms with Crippen LogP contribution in [0.3, 0.4) is 0 Å². The van der Waals surface area contributed by atoms with Crippen LogP contribution in [0.2, 0.25) is 5.02 Å². The molecule has 0 radical (unpaired) electrons. The third-order valence-electron chi connectivity index (χ3n) is 2.21. The lowest BCUT2D eigenvalue weighted by molar-refractivity contribution is 0.626. The van der Waals surface area contributed by atoms with Gasteiger partial charge in [0.2, 0.25) is 0 Å². The molecule has 0 aliphatic carbocycles. The Morgan fingerprint density at radius 3 is 2.53 bits per heavy atom. The van der Waals surface area contributed by atoms with Gasteiger partial charge in [-0.15, -0.1) is 22.9 Å². The van der Waals surface area contributed by atoms with Crippen LogP contribution in [0.1, 0.15) is 16.5 Å². The summed E-state index contributed by atoms with van der Waals surface area (Å²) < 4.78 is 15.2. The van der Waals surface area contributed by atoms with E-state index in [0.29, 0.717) is 5.56 Å². The third kappa shape index (κ3) is 2.87. The van der Waals surface area contributed by atoms with Crippen molar-refractivity contribution in [2.24, 2.45) is 0 Å². The van der Waals surface area contributed by atoms with E-state index in [1.54, 1.807) is 12.1 Å². The zero-order valence-corrected chi connectivity index (χ0v) is 13.7. The van der Waals surface area contributed by atoms with Crippen LogP contribution < -0.4 is 0 Å². The van der Waals surface area contributed by atoms with Gasteiger partial charge in [-0.25, -0.2) is 4.39 Å². The fourth-order valence-electron chi connectivity index (χ4n) is 1.41. The van der Waals surface area contributed by atoms with Gasteiger partial charge in [0.1, 0.15) is 5.82 Å². The monoisotopic (exact) mass is 416 g/mol. The molecule has 0 fully saturated rings. The highest BCUT2D eigenvalue weighted by Crippen LogP contribution is 2.42. The molecule has 1 unspecified atom stereocenters. The molecule has 0 bridgehead atoms. The maximum Gasteiger partial charge on any atom is 0.142 e. The van der Waals surface area contributed by atoms with Crippen molar-refractivity contribution < 1.29 is 4.39 Å². The Bertz CT molecular complexity index is 556. The minimum atomic E-state index is -0.477. The Hall–Kier alpha value is 0.390. The molecule has 0 spiro atoms. The molecule has 1 atom stereocenters. The van der Waals surface area contributed by atoms with Gasteiger partial charge in [0.15, 0.2) is 0 Å². The zero-order valence-electron chi connectivity index (χ0n) is 8.18. The molecule has 0 saturated carbocycles. The molecular weight excluding hydrogens is 414 g/mol. The summed E-state index contributed by atoms with van der Waals surface area (Å²) in [6.45, 7) is 0. The topological polar surface area (TPSA) is 0 Å². The molecule has 0 N–H and O–H groups in total. The summed E-state index contributed by atoms with van der Waals surface area (Å²) in [7, 11) is 0. The first-order valence-electron chi connectivity index (χ1n) is 4.53. The quantitative estimate of drug-likeness (QED) is 0.495. The van der Waals surface area contributed by atoms with Gasteiger partial charge in [-0.05, 0) is 49.6 Å². The number of benzene rings is 1. The van der Waals surface area contributed by atoms with Gasteiger partial charge in [-0.2, -0.15) is 0 Å². The van der Waals surface area contributed by atoms with Gasteiger partial charge >= 0.3 is 0 Å². The number of hydrogen-bond acceptors (Lipinski definition) is 1. The maximum absolute atomic E-state index is 13.4. The second-order valence-corrected chi connectivity index (χ2v) is 7.85. The summed E-state index contributed by atoms with van der Waals surface area (Å²) in [4.78, 5) is 0. The molecule has 17 heavy (non-hydrogen) atoms. The summed E-state index contributed by atoms with van der Waals surface area (Å²) >= 11 is 20.6. The number of alkyl halides is 1. The summed E-state index contributed by atoms with van der Waals surface area (Å²) in [5.74, 6) is -0.458. The third-order valence-corrected chi connectivity index (χ3v) is 5.47. The second-order valence-electron chi connectivity index (χ2n) is 3.29. The van der Waals surface area contributed by atoms with E-state index in [0.717, 1.165) is 13.1 Å². The molecule has 1 heterocycles. The number of halogens is 5. The molecule has 2 rings (SSSR count). The van der Waals surface area contributed by atoms with Crippen LogP contribution in [0.15, 0.2) is 31.8 Å². The van der Waals surface area contributed by atoms with E-state index in [9.17, 15) is 4.39 Å². The van der Waals surface area contributed by atoms with Gasteiger partial charge in [-0.1, -0.05) is 23.7 Å². The highest BCUT2D eigenvalue weighted by molar-refractivity contribution is 9.12. The molecular formula is C11H5Br2Cl2FS. The van der Waals surface area contributed by atoms with Gasteiger partial charge < -0.3 is 0 Å². The number of rotatable bonds is 2. The van der Waals surface area contributed by atoms with Gasteiger partial charge in [-0.3, -0.25) is 0 Å². The fourth-order valence-corrected chi connectivity index (χ4v) is 5.15. The molecule has 2 aromatic rings. The Morgan fingerprint density at radius 2 is 1.94 bits per heavy atom. The van der Waals surface area contributed by atoms with Gasteiger partial charge in [0.25, 0.3) is 0 Å². The molecule has 0 aliphatic heterocycles. The maximum atomic E-state index is 13.4. The predicted molar refractivity (Wildman–Crippen MR) is 78.8 cm³/mol. The SMILES string of the molecule is Fc1cccc(C(Cl)c2cc(Br)sc2Br)c1Cl. The van der Waals surface area contributed by atoms with Crippen LogP contribution in [0, 0.1) is 5.82 Å². The first-order chi connectivity index (χ1) is 8.00. The summed E-state index contributed by atoms with van der Waals surface area (Å²) in [6.07, 6.45) is 0. The van der Waals surface area contributed by atoms with E-state index < -0.39 is 11.2 Å². The Morgan fingerprint density at radius 1 is 1.24 bits per heavy atom. The van der Waals surface area contributed by atoms with Crippen molar-refractivity contribution in [3.8, 4) is 0 Å². The van der Waals surface area contributed by atoms with E-state index in [1.807, 2.05) is 6.07 Å². The lowest BCUT2D eigenvalue weighted by atomic mass is 10.1. The van der Waals surface area contributed by atoms with Crippen molar-refractivity contribution in [1.82, 2.24) is 0 Å². The van der Waals surface area contributed by atoms with Crippen molar-refractivity contribution in [3.63, 3.8) is 0 Å². The first-order valence-corrected chi connectivity index (χ1v) is 7.75. The summed E-state index contributed by atoms with van der Waals surface area (Å²) in [5, 5.41) is -0.406. The molecule has 0 aliphatic rings. The minimum Gasteiger partial charge on any atom is -0.205 e. The smallest absolute Gasteiger partial charge is 0.142 e. The zero-order chi connectivity index (χ0) is 12.6. The van der Waals surface area contributed by atoms with E-state index in [2.05, 4.69) is 31.9 Å². The van der Waals surface area contributed by atoms with E-state index in [-0.39, 0.29) is 5.02 Å². The van der Waals surface area contributed by atoms with E-state index in [4.69, 9.17) is 23.2 Å². The minimum absolute atomic E-state index is 0.0710. The lowest BCUT2D eigenvalue weighted by Gasteiger charge is -2.11. The van der Waals surface area contributed by atoms with Crippen molar-refractivity contribution in [2.45, 2.75) is 5.38 Å². The Labute approximate surface area is 129 Å². The van der Waals surface area contributed by atoms with Crippen molar-refractivity contribution in [1.29, 1.82) is 0 Å². The fraction of sp³-hybridized carbons (Fsp3) is 0.0909. The number of thiophene rings is 1. The molecule has 0 saturated heterocycles. The first kappa shape index (κ1) is 13.8. The summed E-state index contributed by atoms with van der Waals surface area (Å²) in [6, 6.07) is 6.53. The molecule has 90 valence electrons. The van der Waals surface area contributed by atoms with Gasteiger partial charge in [0.05, 0.1) is 18.0 Å². The van der Waals surface area contributed by atoms with Crippen LogP contribution in [-0.4, -0.2) is 0 Å². The Balaban J connectivity index is 2.47. The van der Waals surface area contributed by atoms with Crippen LogP contribution in [0.25, 0.3) is 0 Å². The molecule has 1 aromatic heterocycles. The van der Waals surface area contributed by atoms with Crippen molar-refractivity contribution in [2.75, 3.05) is 0 Å². The molecule has 1 aromatic carbocycles. The highest BCUT2D eigenvalue weighted by Gasteiger charge is 2.20. The van der Waals surface area contributed by atoms with Crippen LogP contribution >= 0.6 is 66.4 Å². The average molecular weight is 419 g/mol. The normalized spacial score (nSPS) is 12.8. The van der Waals surface area contributed by atoms with E-state index >= 15 is 0 Å². The molecule has 6 heteroatoms. The predicted octanol–water partition coefficient (Wildman–Crippen LogP) is 6.39. The molecule has 0 nitrogen and oxygen atoms in total. The van der Waals surface area contributed by atoms with Crippen molar-refractivity contribution >= 4 is 66.4 Å². The average Bonchev–Trinajstić information content (AvgIpc) is 2.61. The summed E-state index contributed by atoms with van der Waals surface area (Å²) in [5.41, 5.74) is 1.44. The lowest BCUT2D eigenvalue weighted by Crippen LogP contribution is -1.95. The van der Waals surface area contributed by atoms with Crippen LogP contribution in [0.5, 0.6) is 0 Å². The van der Waals surface area contributed by atoms with E-state index in [1.165, 1.54) is 17.4 Å². The Kier molecular flexibility index (Phi) is 4.53. The molecule has 0 amide bonds. The van der Waals surface area contributed by atoms with Crippen molar-refractivity contribution in [3.05, 3.63) is 53.8 Å². The number of hydrogen-bond donors (Lipinski definition) is 0. The van der Waals surface area contributed by atoms with Crippen LogP contribution in [0.4, 0.5) is 4.39 Å². The second kappa shape index (κ2) is 5.57. The largest absolute Gasteiger partial charge is 0.205 e.